The molecule has 1 atom stereocenters. The standard InChI is InChI=1S/C16H30BrN3/c1-6-9-12(10-7-2)14(18-4)11-15-16(17)13(8-3)19-20(15)5/h12,14,18H,6-11H2,1-5H3. The fourth-order valence-electron chi connectivity index (χ4n) is 3.04. The van der Waals surface area contributed by atoms with Crippen LogP contribution < -0.4 is 5.32 Å². The van der Waals surface area contributed by atoms with E-state index >= 15 is 0 Å². The maximum absolute atomic E-state index is 4.61. The van der Waals surface area contributed by atoms with E-state index in [2.05, 4.69) is 61.2 Å². The molecule has 0 fully saturated rings. The van der Waals surface area contributed by atoms with E-state index in [4.69, 9.17) is 0 Å². The summed E-state index contributed by atoms with van der Waals surface area (Å²) in [7, 11) is 4.15. The normalized spacial score (nSPS) is 13.2. The molecular weight excluding hydrogens is 314 g/mol. The summed E-state index contributed by atoms with van der Waals surface area (Å²) >= 11 is 3.74. The summed E-state index contributed by atoms with van der Waals surface area (Å²) in [5.41, 5.74) is 2.48. The predicted octanol–water partition coefficient (Wildman–Crippen LogP) is 4.09. The molecule has 0 saturated carbocycles. The second kappa shape index (κ2) is 8.83. The minimum atomic E-state index is 0.534. The van der Waals surface area contributed by atoms with E-state index < -0.39 is 0 Å². The van der Waals surface area contributed by atoms with E-state index in [1.54, 1.807) is 0 Å². The molecule has 0 amide bonds. The number of rotatable bonds is 9. The van der Waals surface area contributed by atoms with E-state index in [9.17, 15) is 0 Å². The van der Waals surface area contributed by atoms with Gasteiger partial charge in [-0.25, -0.2) is 0 Å². The van der Waals surface area contributed by atoms with Gasteiger partial charge in [0.1, 0.15) is 0 Å². The SMILES string of the molecule is CCCC(CCC)C(Cc1c(Br)c(CC)nn1C)NC. The monoisotopic (exact) mass is 343 g/mol. The summed E-state index contributed by atoms with van der Waals surface area (Å²) < 4.78 is 3.25. The summed E-state index contributed by atoms with van der Waals surface area (Å²) in [6.45, 7) is 6.72. The zero-order chi connectivity index (χ0) is 15.1. The van der Waals surface area contributed by atoms with Crippen LogP contribution in [-0.2, 0) is 19.9 Å². The van der Waals surface area contributed by atoms with Gasteiger partial charge in [-0.3, -0.25) is 4.68 Å². The molecule has 1 aromatic rings. The van der Waals surface area contributed by atoms with Crippen molar-refractivity contribution in [1.29, 1.82) is 0 Å². The van der Waals surface area contributed by atoms with Crippen molar-refractivity contribution in [2.24, 2.45) is 13.0 Å². The average molecular weight is 344 g/mol. The van der Waals surface area contributed by atoms with Crippen LogP contribution in [0, 0.1) is 5.92 Å². The van der Waals surface area contributed by atoms with E-state index in [0.29, 0.717) is 6.04 Å². The van der Waals surface area contributed by atoms with Gasteiger partial charge in [-0.2, -0.15) is 5.10 Å². The lowest BCUT2D eigenvalue weighted by Gasteiger charge is -2.26. The molecule has 0 spiro atoms. The molecule has 1 unspecified atom stereocenters. The third kappa shape index (κ3) is 4.32. The van der Waals surface area contributed by atoms with Gasteiger partial charge in [-0.15, -0.1) is 0 Å². The molecule has 4 heteroatoms. The number of halogens is 1. The smallest absolute Gasteiger partial charge is 0.0766 e. The van der Waals surface area contributed by atoms with Crippen molar-refractivity contribution in [3.8, 4) is 0 Å². The second-order valence-corrected chi connectivity index (χ2v) is 6.41. The average Bonchev–Trinajstić information content (AvgIpc) is 2.71. The topological polar surface area (TPSA) is 29.9 Å². The molecule has 0 aromatic carbocycles. The van der Waals surface area contributed by atoms with Gasteiger partial charge in [0, 0.05) is 19.5 Å². The number of hydrogen-bond donors (Lipinski definition) is 1. The number of nitrogens with one attached hydrogen (secondary N) is 1. The van der Waals surface area contributed by atoms with Crippen molar-refractivity contribution in [2.45, 2.75) is 65.3 Å². The lowest BCUT2D eigenvalue weighted by Crippen LogP contribution is -2.36. The van der Waals surface area contributed by atoms with Crippen molar-refractivity contribution in [2.75, 3.05) is 7.05 Å². The van der Waals surface area contributed by atoms with Gasteiger partial charge in [0.2, 0.25) is 0 Å². The first kappa shape index (κ1) is 17.7. The number of aromatic nitrogens is 2. The van der Waals surface area contributed by atoms with Crippen LogP contribution in [0.3, 0.4) is 0 Å². The Bertz CT molecular complexity index is 395. The Balaban J connectivity index is 2.89. The van der Waals surface area contributed by atoms with E-state index in [1.807, 2.05) is 4.68 Å². The van der Waals surface area contributed by atoms with Gasteiger partial charge in [0.05, 0.1) is 15.9 Å². The van der Waals surface area contributed by atoms with Crippen LogP contribution in [0.1, 0.15) is 57.8 Å². The first-order chi connectivity index (χ1) is 9.58. The lowest BCUT2D eigenvalue weighted by atomic mass is 9.88. The summed E-state index contributed by atoms with van der Waals surface area (Å²) in [6, 6.07) is 0.534. The molecule has 1 heterocycles. The number of nitrogens with zero attached hydrogens (tertiary/aromatic N) is 2. The van der Waals surface area contributed by atoms with Gasteiger partial charge in [-0.1, -0.05) is 33.6 Å². The van der Waals surface area contributed by atoms with Crippen LogP contribution in [0.15, 0.2) is 4.47 Å². The predicted molar refractivity (Wildman–Crippen MR) is 90.1 cm³/mol. The molecule has 0 aliphatic heterocycles. The Morgan fingerprint density at radius 1 is 1.20 bits per heavy atom. The maximum Gasteiger partial charge on any atom is 0.0766 e. The minimum absolute atomic E-state index is 0.534. The van der Waals surface area contributed by atoms with E-state index in [1.165, 1.54) is 41.5 Å². The molecule has 0 aliphatic rings. The fourth-order valence-corrected chi connectivity index (χ4v) is 3.82. The summed E-state index contributed by atoms with van der Waals surface area (Å²) in [5, 5.41) is 8.15. The van der Waals surface area contributed by atoms with Crippen molar-refractivity contribution in [3.05, 3.63) is 15.9 Å². The molecule has 1 rings (SSSR count). The third-order valence-electron chi connectivity index (χ3n) is 4.17. The highest BCUT2D eigenvalue weighted by molar-refractivity contribution is 9.10. The third-order valence-corrected chi connectivity index (χ3v) is 5.09. The van der Waals surface area contributed by atoms with Crippen molar-refractivity contribution in [1.82, 2.24) is 15.1 Å². The van der Waals surface area contributed by atoms with Crippen molar-refractivity contribution in [3.63, 3.8) is 0 Å². The Hall–Kier alpha value is -0.350. The molecule has 3 nitrogen and oxygen atoms in total. The fraction of sp³-hybridized carbons (Fsp3) is 0.812. The molecule has 1 N–H and O–H groups in total. The van der Waals surface area contributed by atoms with Crippen molar-refractivity contribution < 1.29 is 0 Å². The molecule has 1 aromatic heterocycles. The molecule has 20 heavy (non-hydrogen) atoms. The van der Waals surface area contributed by atoms with Crippen LogP contribution >= 0.6 is 15.9 Å². The molecule has 0 bridgehead atoms. The van der Waals surface area contributed by atoms with Gasteiger partial charge in [-0.05, 0) is 48.2 Å². The van der Waals surface area contributed by atoms with Gasteiger partial charge in [0.15, 0.2) is 0 Å². The summed E-state index contributed by atoms with van der Waals surface area (Å²) in [5.74, 6) is 0.752. The first-order valence-electron chi connectivity index (χ1n) is 7.96. The zero-order valence-corrected chi connectivity index (χ0v) is 15.3. The van der Waals surface area contributed by atoms with E-state index in [0.717, 1.165) is 18.8 Å². The van der Waals surface area contributed by atoms with Crippen LogP contribution in [0.5, 0.6) is 0 Å². The summed E-state index contributed by atoms with van der Waals surface area (Å²) in [4.78, 5) is 0. The van der Waals surface area contributed by atoms with Crippen LogP contribution in [0.25, 0.3) is 0 Å². The van der Waals surface area contributed by atoms with Crippen molar-refractivity contribution >= 4 is 15.9 Å². The zero-order valence-electron chi connectivity index (χ0n) is 13.7. The Labute approximate surface area is 132 Å². The summed E-state index contributed by atoms with van der Waals surface area (Å²) in [6.07, 6.45) is 7.15. The van der Waals surface area contributed by atoms with Gasteiger partial charge >= 0.3 is 0 Å². The number of likely N-dealkylation sites (N-methyl/N-ethyl adjacent to an activating group) is 1. The Morgan fingerprint density at radius 3 is 2.20 bits per heavy atom. The molecule has 0 aliphatic carbocycles. The quantitative estimate of drug-likeness (QED) is 0.731. The van der Waals surface area contributed by atoms with Crippen LogP contribution in [0.4, 0.5) is 0 Å². The second-order valence-electron chi connectivity index (χ2n) is 5.62. The van der Waals surface area contributed by atoms with Gasteiger partial charge in [0.25, 0.3) is 0 Å². The van der Waals surface area contributed by atoms with Gasteiger partial charge < -0.3 is 5.32 Å². The largest absolute Gasteiger partial charge is 0.316 e. The highest BCUT2D eigenvalue weighted by Crippen LogP contribution is 2.26. The number of aryl methyl sites for hydroxylation is 2. The first-order valence-corrected chi connectivity index (χ1v) is 8.75. The Morgan fingerprint density at radius 2 is 1.80 bits per heavy atom. The highest BCUT2D eigenvalue weighted by atomic mass is 79.9. The minimum Gasteiger partial charge on any atom is -0.316 e. The lowest BCUT2D eigenvalue weighted by molar-refractivity contribution is 0.318. The maximum atomic E-state index is 4.61. The van der Waals surface area contributed by atoms with Crippen LogP contribution in [-0.4, -0.2) is 22.9 Å². The highest BCUT2D eigenvalue weighted by Gasteiger charge is 2.22. The number of hydrogen-bond acceptors (Lipinski definition) is 2. The molecule has 0 radical (unpaired) electrons. The molecular formula is C16H30BrN3. The Kier molecular flexibility index (Phi) is 7.82. The van der Waals surface area contributed by atoms with Crippen LogP contribution in [0.2, 0.25) is 0 Å². The van der Waals surface area contributed by atoms with E-state index in [-0.39, 0.29) is 0 Å². The molecule has 0 saturated heterocycles. The molecule has 116 valence electrons.